The van der Waals surface area contributed by atoms with Gasteiger partial charge in [0.1, 0.15) is 11.8 Å². The highest BCUT2D eigenvalue weighted by Gasteiger charge is 2.36. The summed E-state index contributed by atoms with van der Waals surface area (Å²) < 4.78 is 1.69. The molecule has 0 aliphatic heterocycles. The highest BCUT2D eigenvalue weighted by Crippen LogP contribution is 2.41. The van der Waals surface area contributed by atoms with Gasteiger partial charge in [-0.25, -0.2) is 4.98 Å². The third-order valence-electron chi connectivity index (χ3n) is 3.12. The van der Waals surface area contributed by atoms with E-state index in [1.807, 2.05) is 6.20 Å². The molecule has 2 atom stereocenters. The summed E-state index contributed by atoms with van der Waals surface area (Å²) in [5, 5.41) is 18.6. The SMILES string of the molecule is Nc1nc(Cl)c2ncn(/C=C3\C[C@H]3[C@@H](O)CO)c2n1. The number of rotatable bonds is 3. The Balaban J connectivity index is 1.97. The van der Waals surface area contributed by atoms with E-state index in [1.54, 1.807) is 10.9 Å². The highest BCUT2D eigenvalue weighted by atomic mass is 35.5. The summed E-state index contributed by atoms with van der Waals surface area (Å²) in [6.07, 6.45) is 3.42. The van der Waals surface area contributed by atoms with E-state index in [4.69, 9.17) is 22.4 Å². The zero-order valence-electron chi connectivity index (χ0n) is 9.86. The molecular weight excluding hydrogens is 270 g/mol. The van der Waals surface area contributed by atoms with Crippen LogP contribution in [0.15, 0.2) is 11.9 Å². The van der Waals surface area contributed by atoms with E-state index in [9.17, 15) is 5.11 Å². The van der Waals surface area contributed by atoms with Crippen molar-refractivity contribution in [1.29, 1.82) is 0 Å². The van der Waals surface area contributed by atoms with Crippen molar-refractivity contribution in [3.05, 3.63) is 17.1 Å². The van der Waals surface area contributed by atoms with E-state index >= 15 is 0 Å². The third kappa shape index (κ3) is 2.16. The van der Waals surface area contributed by atoms with Crippen molar-refractivity contribution in [3.8, 4) is 0 Å². The second-order valence-corrected chi connectivity index (χ2v) is 4.82. The minimum absolute atomic E-state index is 0.00268. The van der Waals surface area contributed by atoms with Crippen molar-refractivity contribution in [1.82, 2.24) is 19.5 Å². The molecule has 0 saturated heterocycles. The fraction of sp³-hybridized carbons (Fsp3) is 0.364. The van der Waals surface area contributed by atoms with Crippen molar-refractivity contribution in [2.45, 2.75) is 12.5 Å². The topological polar surface area (TPSA) is 110 Å². The molecule has 2 aromatic rings. The Hall–Kier alpha value is -1.70. The first-order chi connectivity index (χ1) is 9.10. The van der Waals surface area contributed by atoms with Gasteiger partial charge < -0.3 is 15.9 Å². The number of nitrogens with zero attached hydrogens (tertiary/aromatic N) is 4. The molecule has 3 rings (SSSR count). The van der Waals surface area contributed by atoms with Crippen LogP contribution in [0.4, 0.5) is 5.95 Å². The number of nitrogen functional groups attached to an aromatic ring is 1. The Bertz CT molecular complexity index is 668. The van der Waals surface area contributed by atoms with E-state index in [1.165, 1.54) is 0 Å². The first kappa shape index (κ1) is 12.3. The van der Waals surface area contributed by atoms with Crippen LogP contribution in [-0.4, -0.2) is 42.4 Å². The zero-order chi connectivity index (χ0) is 13.6. The molecule has 0 radical (unpaired) electrons. The lowest BCUT2D eigenvalue weighted by Gasteiger charge is -2.02. The van der Waals surface area contributed by atoms with Gasteiger partial charge in [-0.15, -0.1) is 0 Å². The molecule has 1 saturated carbocycles. The molecule has 4 N–H and O–H groups in total. The summed E-state index contributed by atoms with van der Waals surface area (Å²) in [6.45, 7) is -0.242. The highest BCUT2D eigenvalue weighted by molar-refractivity contribution is 6.33. The number of aromatic nitrogens is 4. The van der Waals surface area contributed by atoms with Crippen LogP contribution in [0.5, 0.6) is 0 Å². The first-order valence-electron chi connectivity index (χ1n) is 5.75. The number of aliphatic hydroxyl groups excluding tert-OH is 2. The Morgan fingerprint density at radius 2 is 2.37 bits per heavy atom. The lowest BCUT2D eigenvalue weighted by molar-refractivity contribution is 0.0815. The van der Waals surface area contributed by atoms with Gasteiger partial charge in [0.15, 0.2) is 10.8 Å². The standard InChI is InChI=1S/C11H12ClN5O2/c12-9-8-10(16-11(13)15-9)17(4-14-8)2-5-1-6(5)7(19)3-18/h2,4,6-7,18-19H,1,3H2,(H2,13,15,16)/b5-2+/t6-,7+/m1/s1. The maximum atomic E-state index is 9.52. The van der Waals surface area contributed by atoms with Gasteiger partial charge in [-0.3, -0.25) is 4.57 Å². The largest absolute Gasteiger partial charge is 0.394 e. The molecule has 2 heterocycles. The number of aliphatic hydroxyl groups is 2. The molecule has 100 valence electrons. The molecular formula is C11H12ClN5O2. The minimum atomic E-state index is -0.718. The molecule has 8 heteroatoms. The van der Waals surface area contributed by atoms with Gasteiger partial charge >= 0.3 is 0 Å². The van der Waals surface area contributed by atoms with E-state index in [2.05, 4.69) is 15.0 Å². The van der Waals surface area contributed by atoms with Crippen molar-refractivity contribution in [3.63, 3.8) is 0 Å². The summed E-state index contributed by atoms with van der Waals surface area (Å²) in [4.78, 5) is 12.0. The first-order valence-corrected chi connectivity index (χ1v) is 6.13. The quantitative estimate of drug-likeness (QED) is 0.697. The molecule has 1 aliphatic rings. The Kier molecular flexibility index (Phi) is 2.89. The number of hydrogen-bond donors (Lipinski definition) is 3. The maximum absolute atomic E-state index is 9.52. The number of imidazole rings is 1. The van der Waals surface area contributed by atoms with E-state index in [0.717, 1.165) is 12.0 Å². The van der Waals surface area contributed by atoms with E-state index < -0.39 is 6.10 Å². The Morgan fingerprint density at radius 1 is 1.58 bits per heavy atom. The predicted molar refractivity (Wildman–Crippen MR) is 70.2 cm³/mol. The Labute approximate surface area is 113 Å². The van der Waals surface area contributed by atoms with E-state index in [0.29, 0.717) is 11.2 Å². The third-order valence-corrected chi connectivity index (χ3v) is 3.39. The van der Waals surface area contributed by atoms with Crippen LogP contribution in [0.2, 0.25) is 5.15 Å². The van der Waals surface area contributed by atoms with Gasteiger partial charge in [-0.1, -0.05) is 11.6 Å². The fourth-order valence-electron chi connectivity index (χ4n) is 2.02. The van der Waals surface area contributed by atoms with Crippen LogP contribution in [0.3, 0.4) is 0 Å². The van der Waals surface area contributed by atoms with Gasteiger partial charge in [0, 0.05) is 12.1 Å². The average Bonchev–Trinajstić information content (AvgIpc) is 3.02. The number of anilines is 1. The summed E-state index contributed by atoms with van der Waals surface area (Å²) in [5.41, 5.74) is 7.58. The molecule has 0 spiro atoms. The zero-order valence-corrected chi connectivity index (χ0v) is 10.6. The van der Waals surface area contributed by atoms with Gasteiger partial charge in [0.05, 0.1) is 12.7 Å². The van der Waals surface area contributed by atoms with Gasteiger partial charge in [-0.05, 0) is 12.0 Å². The van der Waals surface area contributed by atoms with Crippen LogP contribution in [0, 0.1) is 5.92 Å². The molecule has 7 nitrogen and oxygen atoms in total. The van der Waals surface area contributed by atoms with Crippen molar-refractivity contribution in [2.75, 3.05) is 12.3 Å². The molecule has 0 amide bonds. The van der Waals surface area contributed by atoms with Crippen molar-refractivity contribution < 1.29 is 10.2 Å². The lowest BCUT2D eigenvalue weighted by Crippen LogP contribution is -2.14. The van der Waals surface area contributed by atoms with Crippen LogP contribution in [-0.2, 0) is 0 Å². The summed E-state index contributed by atoms with van der Waals surface area (Å²) in [7, 11) is 0. The summed E-state index contributed by atoms with van der Waals surface area (Å²) in [6, 6.07) is 0. The van der Waals surface area contributed by atoms with Crippen LogP contribution in [0.1, 0.15) is 6.42 Å². The molecule has 0 unspecified atom stereocenters. The summed E-state index contributed by atoms with van der Waals surface area (Å²) >= 11 is 5.93. The fourth-order valence-corrected chi connectivity index (χ4v) is 2.24. The molecule has 1 aliphatic carbocycles. The van der Waals surface area contributed by atoms with Crippen LogP contribution < -0.4 is 5.73 Å². The minimum Gasteiger partial charge on any atom is -0.394 e. The normalized spacial score (nSPS) is 22.1. The number of hydrogen-bond acceptors (Lipinski definition) is 6. The second kappa shape index (κ2) is 4.44. The number of nitrogens with two attached hydrogens (primary N) is 1. The summed E-state index contributed by atoms with van der Waals surface area (Å²) in [5.74, 6) is 0.0810. The molecule has 0 bridgehead atoms. The smallest absolute Gasteiger partial charge is 0.223 e. The molecule has 0 aromatic carbocycles. The Morgan fingerprint density at radius 3 is 3.11 bits per heavy atom. The maximum Gasteiger partial charge on any atom is 0.223 e. The van der Waals surface area contributed by atoms with Crippen LogP contribution >= 0.6 is 11.6 Å². The van der Waals surface area contributed by atoms with Crippen molar-refractivity contribution in [2.24, 2.45) is 5.92 Å². The van der Waals surface area contributed by atoms with Gasteiger partial charge in [0.25, 0.3) is 0 Å². The number of halogens is 1. The molecule has 2 aromatic heterocycles. The molecule has 1 fully saturated rings. The lowest BCUT2D eigenvalue weighted by atomic mass is 10.2. The van der Waals surface area contributed by atoms with Gasteiger partial charge in [0.2, 0.25) is 5.95 Å². The van der Waals surface area contributed by atoms with E-state index in [-0.39, 0.29) is 23.6 Å². The average molecular weight is 282 g/mol. The van der Waals surface area contributed by atoms with Gasteiger partial charge in [-0.2, -0.15) is 9.97 Å². The molecule has 19 heavy (non-hydrogen) atoms. The predicted octanol–water partition coefficient (Wildman–Crippen LogP) is 0.276. The van der Waals surface area contributed by atoms with Crippen molar-refractivity contribution >= 4 is 34.9 Å². The monoisotopic (exact) mass is 281 g/mol. The second-order valence-electron chi connectivity index (χ2n) is 4.46. The van der Waals surface area contributed by atoms with Crippen LogP contribution in [0.25, 0.3) is 17.4 Å². The number of fused-ring (bicyclic) bond motifs is 1.